The van der Waals surface area contributed by atoms with Crippen LogP contribution < -0.4 is 0 Å². The smallest absolute Gasteiger partial charge is 0.344 e. The van der Waals surface area contributed by atoms with Crippen LogP contribution in [0.25, 0.3) is 5.70 Å². The Hall–Kier alpha value is -2.44. The monoisotopic (exact) mass is 290 g/mol. The molecule has 0 aliphatic carbocycles. The third kappa shape index (κ3) is 4.01. The van der Waals surface area contributed by atoms with Crippen LogP contribution in [-0.4, -0.2) is 46.6 Å². The predicted molar refractivity (Wildman–Crippen MR) is 77.0 cm³/mol. The minimum atomic E-state index is -0.395. The molecule has 21 heavy (non-hydrogen) atoms. The molecule has 0 saturated carbocycles. The number of hydrazone groups is 1. The van der Waals surface area contributed by atoms with Crippen molar-refractivity contribution in [1.82, 2.24) is 15.0 Å². The first-order valence-electron chi connectivity index (χ1n) is 6.84. The van der Waals surface area contributed by atoms with Crippen molar-refractivity contribution in [3.05, 3.63) is 30.4 Å². The number of aromatic nitrogens is 2. The van der Waals surface area contributed by atoms with Gasteiger partial charge < -0.3 is 9.47 Å². The SMILES string of the molecule is CCOC(=O)COC1=NN(CC)C(c2ccncn2)=CC1. The van der Waals surface area contributed by atoms with Gasteiger partial charge in [-0.25, -0.2) is 14.8 Å². The molecule has 1 aromatic heterocycles. The standard InChI is InChI=1S/C14H18N4O3/c1-3-18-12(11-7-8-15-10-16-11)5-6-13(17-18)21-9-14(19)20-4-2/h5,7-8,10H,3-4,6,9H2,1-2H3. The first-order valence-corrected chi connectivity index (χ1v) is 6.84. The summed E-state index contributed by atoms with van der Waals surface area (Å²) in [6, 6.07) is 1.83. The second-order valence-electron chi connectivity index (χ2n) is 4.19. The van der Waals surface area contributed by atoms with Crippen molar-refractivity contribution in [3.8, 4) is 0 Å². The molecule has 0 bridgehead atoms. The normalized spacial score (nSPS) is 14.3. The average Bonchev–Trinajstić information content (AvgIpc) is 2.54. The first-order chi connectivity index (χ1) is 10.2. The largest absolute Gasteiger partial charge is 0.467 e. The average molecular weight is 290 g/mol. The fraction of sp³-hybridized carbons (Fsp3) is 0.429. The number of hydrogen-bond donors (Lipinski definition) is 0. The Labute approximate surface area is 123 Å². The molecule has 0 radical (unpaired) electrons. The number of ether oxygens (including phenoxy) is 2. The van der Waals surface area contributed by atoms with Gasteiger partial charge in [0.05, 0.1) is 18.0 Å². The van der Waals surface area contributed by atoms with E-state index in [1.165, 1.54) is 6.33 Å². The Bertz CT molecular complexity index is 542. The van der Waals surface area contributed by atoms with Crippen molar-refractivity contribution in [3.63, 3.8) is 0 Å². The van der Waals surface area contributed by atoms with Crippen LogP contribution >= 0.6 is 0 Å². The van der Waals surface area contributed by atoms with Crippen molar-refractivity contribution in [2.24, 2.45) is 5.10 Å². The number of carbonyl (C=O) groups excluding carboxylic acids is 1. The van der Waals surface area contributed by atoms with E-state index in [4.69, 9.17) is 9.47 Å². The van der Waals surface area contributed by atoms with E-state index in [0.29, 0.717) is 25.5 Å². The molecule has 0 amide bonds. The summed E-state index contributed by atoms with van der Waals surface area (Å²) >= 11 is 0. The highest BCUT2D eigenvalue weighted by Crippen LogP contribution is 2.22. The number of esters is 1. The van der Waals surface area contributed by atoms with Gasteiger partial charge in [-0.15, -0.1) is 5.10 Å². The molecule has 1 aliphatic rings. The van der Waals surface area contributed by atoms with Crippen LogP contribution in [-0.2, 0) is 14.3 Å². The van der Waals surface area contributed by atoms with E-state index in [2.05, 4.69) is 15.1 Å². The van der Waals surface area contributed by atoms with Gasteiger partial charge in [-0.3, -0.25) is 5.01 Å². The highest BCUT2D eigenvalue weighted by atomic mass is 16.6. The highest BCUT2D eigenvalue weighted by molar-refractivity contribution is 5.84. The van der Waals surface area contributed by atoms with Crippen LogP contribution in [0.4, 0.5) is 0 Å². The van der Waals surface area contributed by atoms with Crippen molar-refractivity contribution >= 4 is 17.6 Å². The minimum Gasteiger partial charge on any atom is -0.467 e. The lowest BCUT2D eigenvalue weighted by molar-refractivity contribution is -0.145. The van der Waals surface area contributed by atoms with Crippen molar-refractivity contribution < 1.29 is 14.3 Å². The molecule has 7 nitrogen and oxygen atoms in total. The summed E-state index contributed by atoms with van der Waals surface area (Å²) in [6.45, 7) is 4.62. The van der Waals surface area contributed by atoms with E-state index in [1.54, 1.807) is 18.1 Å². The fourth-order valence-corrected chi connectivity index (χ4v) is 1.87. The van der Waals surface area contributed by atoms with Crippen LogP contribution in [0.1, 0.15) is 26.0 Å². The lowest BCUT2D eigenvalue weighted by Crippen LogP contribution is -2.25. The molecule has 112 valence electrons. The molecule has 0 atom stereocenters. The summed E-state index contributed by atoms with van der Waals surface area (Å²) in [5, 5.41) is 6.17. The Kier molecular flexibility index (Phi) is 5.25. The van der Waals surface area contributed by atoms with Gasteiger partial charge in [-0.1, -0.05) is 0 Å². The van der Waals surface area contributed by atoms with Gasteiger partial charge in [0.15, 0.2) is 6.61 Å². The van der Waals surface area contributed by atoms with Crippen LogP contribution in [0.3, 0.4) is 0 Å². The number of hydrogen-bond acceptors (Lipinski definition) is 7. The maximum absolute atomic E-state index is 11.3. The van der Waals surface area contributed by atoms with Gasteiger partial charge in [-0.2, -0.15) is 0 Å². The van der Waals surface area contributed by atoms with Crippen molar-refractivity contribution in [1.29, 1.82) is 0 Å². The molecule has 0 fully saturated rings. The van der Waals surface area contributed by atoms with Gasteiger partial charge in [0, 0.05) is 19.2 Å². The molecule has 0 saturated heterocycles. The molecule has 2 heterocycles. The van der Waals surface area contributed by atoms with Gasteiger partial charge >= 0.3 is 5.97 Å². The quantitative estimate of drug-likeness (QED) is 0.764. The van der Waals surface area contributed by atoms with Gasteiger partial charge in [0.2, 0.25) is 5.90 Å². The van der Waals surface area contributed by atoms with E-state index >= 15 is 0 Å². The molecular weight excluding hydrogens is 272 g/mol. The summed E-state index contributed by atoms with van der Waals surface area (Å²) in [4.78, 5) is 19.4. The zero-order chi connectivity index (χ0) is 15.1. The van der Waals surface area contributed by atoms with E-state index < -0.39 is 5.97 Å². The Morgan fingerprint density at radius 3 is 2.95 bits per heavy atom. The van der Waals surface area contributed by atoms with Crippen LogP contribution in [0.5, 0.6) is 0 Å². The van der Waals surface area contributed by atoms with Gasteiger partial charge in [0.25, 0.3) is 0 Å². The predicted octanol–water partition coefficient (Wildman–Crippen LogP) is 1.44. The third-order valence-corrected chi connectivity index (χ3v) is 2.79. The van der Waals surface area contributed by atoms with Gasteiger partial charge in [-0.05, 0) is 26.0 Å². The van der Waals surface area contributed by atoms with E-state index in [-0.39, 0.29) is 6.61 Å². The number of nitrogens with zero attached hydrogens (tertiary/aromatic N) is 4. The van der Waals surface area contributed by atoms with E-state index in [1.807, 2.05) is 19.1 Å². The second kappa shape index (κ2) is 7.37. The van der Waals surface area contributed by atoms with Crippen molar-refractivity contribution in [2.75, 3.05) is 19.8 Å². The zero-order valence-electron chi connectivity index (χ0n) is 12.2. The van der Waals surface area contributed by atoms with Crippen LogP contribution in [0.15, 0.2) is 29.8 Å². The third-order valence-electron chi connectivity index (χ3n) is 2.79. The molecule has 1 aromatic rings. The lowest BCUT2D eigenvalue weighted by Gasteiger charge is -2.25. The maximum Gasteiger partial charge on any atom is 0.344 e. The summed E-state index contributed by atoms with van der Waals surface area (Å²) in [6.07, 6.45) is 5.67. The first kappa shape index (κ1) is 15.0. The lowest BCUT2D eigenvalue weighted by atomic mass is 10.2. The van der Waals surface area contributed by atoms with Crippen LogP contribution in [0.2, 0.25) is 0 Å². The van der Waals surface area contributed by atoms with E-state index in [9.17, 15) is 4.79 Å². The number of rotatable bonds is 5. The summed E-state index contributed by atoms with van der Waals surface area (Å²) in [5.74, 6) is 0.0940. The van der Waals surface area contributed by atoms with Crippen molar-refractivity contribution in [2.45, 2.75) is 20.3 Å². The molecule has 0 unspecified atom stereocenters. The molecular formula is C14H18N4O3. The molecule has 2 rings (SSSR count). The van der Waals surface area contributed by atoms with E-state index in [0.717, 1.165) is 11.4 Å². The topological polar surface area (TPSA) is 76.9 Å². The van der Waals surface area contributed by atoms with Gasteiger partial charge in [0.1, 0.15) is 6.33 Å². The Morgan fingerprint density at radius 1 is 1.43 bits per heavy atom. The van der Waals surface area contributed by atoms with Crippen LogP contribution in [0, 0.1) is 0 Å². The summed E-state index contributed by atoms with van der Waals surface area (Å²) < 4.78 is 10.2. The second-order valence-corrected chi connectivity index (χ2v) is 4.19. The Balaban J connectivity index is 2.01. The maximum atomic E-state index is 11.3. The minimum absolute atomic E-state index is 0.124. The number of carbonyl (C=O) groups is 1. The Morgan fingerprint density at radius 2 is 2.29 bits per heavy atom. The fourth-order valence-electron chi connectivity index (χ4n) is 1.87. The molecule has 0 N–H and O–H groups in total. The summed E-state index contributed by atoms with van der Waals surface area (Å²) in [7, 11) is 0. The molecule has 0 aromatic carbocycles. The molecule has 7 heteroatoms. The molecule has 0 spiro atoms. The highest BCUT2D eigenvalue weighted by Gasteiger charge is 2.18. The summed E-state index contributed by atoms with van der Waals surface area (Å²) in [5.41, 5.74) is 1.71. The zero-order valence-corrected chi connectivity index (χ0v) is 12.2. The molecule has 1 aliphatic heterocycles.